The van der Waals surface area contributed by atoms with Crippen LogP contribution in [0, 0.1) is 25.2 Å². The summed E-state index contributed by atoms with van der Waals surface area (Å²) in [7, 11) is 0. The van der Waals surface area contributed by atoms with Crippen molar-refractivity contribution < 1.29 is 4.52 Å². The summed E-state index contributed by atoms with van der Waals surface area (Å²) in [5.74, 6) is 1.82. The first-order chi connectivity index (χ1) is 9.11. The molecule has 0 aliphatic heterocycles. The fraction of sp³-hybridized carbons (Fsp3) is 0.357. The number of hydrogen-bond donors (Lipinski definition) is 1. The third-order valence-electron chi connectivity index (χ3n) is 3.06. The molecule has 1 unspecified atom stereocenters. The van der Waals surface area contributed by atoms with Gasteiger partial charge in [0.15, 0.2) is 0 Å². The highest BCUT2D eigenvalue weighted by molar-refractivity contribution is 5.42. The van der Waals surface area contributed by atoms with Crippen molar-refractivity contribution in [1.82, 2.24) is 10.1 Å². The van der Waals surface area contributed by atoms with Crippen LogP contribution in [0.5, 0.6) is 0 Å². The number of nitriles is 1. The quantitative estimate of drug-likeness (QED) is 0.910. The van der Waals surface area contributed by atoms with E-state index in [1.54, 1.807) is 18.3 Å². The van der Waals surface area contributed by atoms with Crippen molar-refractivity contribution in [1.29, 1.82) is 5.26 Å². The predicted octanol–water partition coefficient (Wildman–Crippen LogP) is 2.77. The second-order valence-electron chi connectivity index (χ2n) is 4.56. The summed E-state index contributed by atoms with van der Waals surface area (Å²) < 4.78 is 5.17. The van der Waals surface area contributed by atoms with Gasteiger partial charge in [-0.25, -0.2) is 4.98 Å². The average Bonchev–Trinajstić information content (AvgIpc) is 2.76. The lowest BCUT2D eigenvalue weighted by atomic mass is 9.99. The van der Waals surface area contributed by atoms with Gasteiger partial charge < -0.3 is 9.84 Å². The maximum absolute atomic E-state index is 8.84. The molecule has 0 saturated carbocycles. The lowest BCUT2D eigenvalue weighted by molar-refractivity contribution is 0.391. The third-order valence-corrected chi connectivity index (χ3v) is 3.06. The van der Waals surface area contributed by atoms with E-state index in [0.29, 0.717) is 17.9 Å². The van der Waals surface area contributed by atoms with Crippen LogP contribution < -0.4 is 5.32 Å². The number of rotatable bonds is 4. The molecular weight excluding hydrogens is 240 g/mol. The van der Waals surface area contributed by atoms with Crippen molar-refractivity contribution in [2.45, 2.75) is 26.7 Å². The molecule has 0 saturated heterocycles. The zero-order valence-electron chi connectivity index (χ0n) is 11.3. The zero-order chi connectivity index (χ0) is 13.8. The van der Waals surface area contributed by atoms with Crippen molar-refractivity contribution in [2.75, 3.05) is 11.9 Å². The van der Waals surface area contributed by atoms with E-state index in [0.717, 1.165) is 17.0 Å². The lowest BCUT2D eigenvalue weighted by Gasteiger charge is -2.12. The summed E-state index contributed by atoms with van der Waals surface area (Å²) in [4.78, 5) is 4.18. The van der Waals surface area contributed by atoms with E-state index in [1.165, 1.54) is 0 Å². The van der Waals surface area contributed by atoms with Crippen LogP contribution in [0.4, 0.5) is 5.82 Å². The number of aryl methyl sites for hydroxylation is 2. The van der Waals surface area contributed by atoms with E-state index < -0.39 is 0 Å². The van der Waals surface area contributed by atoms with Gasteiger partial charge in [-0.2, -0.15) is 5.26 Å². The van der Waals surface area contributed by atoms with Gasteiger partial charge in [0.1, 0.15) is 11.6 Å². The maximum Gasteiger partial charge on any atom is 0.137 e. The molecule has 19 heavy (non-hydrogen) atoms. The highest BCUT2D eigenvalue weighted by Crippen LogP contribution is 2.23. The summed E-state index contributed by atoms with van der Waals surface area (Å²) in [5, 5.41) is 16.0. The molecule has 0 radical (unpaired) electrons. The van der Waals surface area contributed by atoms with E-state index in [2.05, 4.69) is 28.5 Å². The molecule has 5 nitrogen and oxygen atoms in total. The van der Waals surface area contributed by atoms with Crippen LogP contribution in [0.15, 0.2) is 22.9 Å². The molecule has 0 aliphatic carbocycles. The molecule has 0 spiro atoms. The van der Waals surface area contributed by atoms with E-state index >= 15 is 0 Å². The average molecular weight is 256 g/mol. The first-order valence-electron chi connectivity index (χ1n) is 6.14. The van der Waals surface area contributed by atoms with Crippen LogP contribution >= 0.6 is 0 Å². The fourth-order valence-corrected chi connectivity index (χ4v) is 2.15. The molecule has 0 fully saturated rings. The number of anilines is 1. The summed E-state index contributed by atoms with van der Waals surface area (Å²) in [6.07, 6.45) is 1.63. The second-order valence-corrected chi connectivity index (χ2v) is 4.56. The molecule has 0 aromatic carbocycles. The van der Waals surface area contributed by atoms with Crippen LogP contribution in [0.3, 0.4) is 0 Å². The van der Waals surface area contributed by atoms with Crippen LogP contribution in [0.1, 0.15) is 35.4 Å². The van der Waals surface area contributed by atoms with Crippen LogP contribution in [-0.2, 0) is 0 Å². The Bertz CT molecular complexity index is 593. The van der Waals surface area contributed by atoms with Gasteiger partial charge in [0.2, 0.25) is 0 Å². The normalized spacial score (nSPS) is 11.9. The molecule has 1 atom stereocenters. The van der Waals surface area contributed by atoms with E-state index in [9.17, 15) is 0 Å². The van der Waals surface area contributed by atoms with Crippen molar-refractivity contribution in [3.05, 3.63) is 40.9 Å². The Hall–Kier alpha value is -2.35. The van der Waals surface area contributed by atoms with Crippen LogP contribution in [-0.4, -0.2) is 16.7 Å². The molecule has 1 N–H and O–H groups in total. The molecule has 0 bridgehead atoms. The molecule has 2 heterocycles. The van der Waals surface area contributed by atoms with E-state index in [-0.39, 0.29) is 5.92 Å². The van der Waals surface area contributed by atoms with E-state index in [4.69, 9.17) is 9.78 Å². The third kappa shape index (κ3) is 2.91. The van der Waals surface area contributed by atoms with Gasteiger partial charge in [0, 0.05) is 24.2 Å². The largest absolute Gasteiger partial charge is 0.369 e. The standard InChI is InChI=1S/C14H16N4O/c1-9(14-10(2)18-19-11(14)3)8-17-13-6-12(7-15)4-5-16-13/h4-6,9H,8H2,1-3H3,(H,16,17). The Labute approximate surface area is 112 Å². The molecule has 0 amide bonds. The van der Waals surface area contributed by atoms with Gasteiger partial charge in [-0.3, -0.25) is 0 Å². The van der Waals surface area contributed by atoms with Gasteiger partial charge in [0.05, 0.1) is 17.3 Å². The topological polar surface area (TPSA) is 74.7 Å². The SMILES string of the molecule is Cc1noc(C)c1C(C)CNc1cc(C#N)ccn1. The lowest BCUT2D eigenvalue weighted by Crippen LogP contribution is -2.12. The Balaban J connectivity index is 2.04. The van der Waals surface area contributed by atoms with Crippen LogP contribution in [0.25, 0.3) is 0 Å². The summed E-state index contributed by atoms with van der Waals surface area (Å²) >= 11 is 0. The highest BCUT2D eigenvalue weighted by Gasteiger charge is 2.16. The molecular formula is C14H16N4O. The Morgan fingerprint density at radius 2 is 2.26 bits per heavy atom. The predicted molar refractivity (Wildman–Crippen MR) is 71.8 cm³/mol. The van der Waals surface area contributed by atoms with Crippen molar-refractivity contribution in [2.24, 2.45) is 0 Å². The second kappa shape index (κ2) is 5.53. The van der Waals surface area contributed by atoms with Crippen molar-refractivity contribution >= 4 is 5.82 Å². The monoisotopic (exact) mass is 256 g/mol. The minimum absolute atomic E-state index is 0.263. The van der Waals surface area contributed by atoms with Crippen molar-refractivity contribution in [3.8, 4) is 6.07 Å². The number of nitrogens with one attached hydrogen (secondary N) is 1. The number of pyridine rings is 1. The smallest absolute Gasteiger partial charge is 0.137 e. The van der Waals surface area contributed by atoms with Gasteiger partial charge in [-0.15, -0.1) is 0 Å². The first-order valence-corrected chi connectivity index (χ1v) is 6.14. The molecule has 0 aliphatic rings. The van der Waals surface area contributed by atoms with Gasteiger partial charge in [-0.1, -0.05) is 12.1 Å². The number of aromatic nitrogens is 2. The molecule has 2 rings (SSSR count). The van der Waals surface area contributed by atoms with Gasteiger partial charge >= 0.3 is 0 Å². The molecule has 98 valence electrons. The Kier molecular flexibility index (Phi) is 3.81. The Morgan fingerprint density at radius 1 is 1.47 bits per heavy atom. The van der Waals surface area contributed by atoms with Crippen molar-refractivity contribution in [3.63, 3.8) is 0 Å². The van der Waals surface area contributed by atoms with Gasteiger partial charge in [0.25, 0.3) is 0 Å². The minimum Gasteiger partial charge on any atom is -0.369 e. The zero-order valence-corrected chi connectivity index (χ0v) is 11.3. The molecule has 5 heteroatoms. The van der Waals surface area contributed by atoms with Crippen LogP contribution in [0.2, 0.25) is 0 Å². The molecule has 2 aromatic rings. The highest BCUT2D eigenvalue weighted by atomic mass is 16.5. The Morgan fingerprint density at radius 3 is 2.89 bits per heavy atom. The maximum atomic E-state index is 8.84. The summed E-state index contributed by atoms with van der Waals surface area (Å²) in [5.41, 5.74) is 2.65. The minimum atomic E-state index is 0.263. The fourth-order valence-electron chi connectivity index (χ4n) is 2.15. The van der Waals surface area contributed by atoms with Gasteiger partial charge in [-0.05, 0) is 26.0 Å². The van der Waals surface area contributed by atoms with E-state index in [1.807, 2.05) is 13.8 Å². The summed E-state index contributed by atoms with van der Waals surface area (Å²) in [6.45, 7) is 6.68. The molecule has 2 aromatic heterocycles. The first kappa shape index (κ1) is 13.1. The summed E-state index contributed by atoms with van der Waals surface area (Å²) in [6, 6.07) is 5.52. The number of hydrogen-bond acceptors (Lipinski definition) is 5. The number of nitrogens with zero attached hydrogens (tertiary/aromatic N) is 3.